The van der Waals surface area contributed by atoms with Gasteiger partial charge >= 0.3 is 0 Å². The molecule has 0 atom stereocenters. The Kier molecular flexibility index (Phi) is 3.76. The molecule has 2 rings (SSSR count). The van der Waals surface area contributed by atoms with Crippen molar-refractivity contribution in [1.82, 2.24) is 4.98 Å². The summed E-state index contributed by atoms with van der Waals surface area (Å²) in [5.74, 6) is 0. The lowest BCUT2D eigenvalue weighted by atomic mass is 9.91. The fraction of sp³-hybridized carbons (Fsp3) is 0.357. The Morgan fingerprint density at radius 2 is 1.94 bits per heavy atom. The van der Waals surface area contributed by atoms with E-state index >= 15 is 0 Å². The zero-order chi connectivity index (χ0) is 13.3. The molecule has 1 N–H and O–H groups in total. The number of hydrogen-bond donors (Lipinski definition) is 1. The molecule has 0 aliphatic heterocycles. The van der Waals surface area contributed by atoms with E-state index in [0.29, 0.717) is 5.02 Å². The maximum Gasteiger partial charge on any atom is 0.125 e. The summed E-state index contributed by atoms with van der Waals surface area (Å²) >= 11 is 7.69. The van der Waals surface area contributed by atoms with Crippen molar-refractivity contribution >= 4 is 22.9 Å². The second-order valence-electron chi connectivity index (χ2n) is 5.18. The highest BCUT2D eigenvalue weighted by Gasteiger charge is 2.23. The van der Waals surface area contributed by atoms with Gasteiger partial charge in [0.25, 0.3) is 0 Å². The first-order valence-corrected chi connectivity index (χ1v) is 6.99. The second-order valence-corrected chi connectivity index (χ2v) is 6.67. The average molecular weight is 282 g/mol. The van der Waals surface area contributed by atoms with Crippen LogP contribution < -0.4 is 0 Å². The van der Waals surface area contributed by atoms with E-state index in [0.717, 1.165) is 21.1 Å². The molecule has 1 aromatic carbocycles. The molecule has 0 aliphatic carbocycles. The maximum atomic E-state index is 9.45. The van der Waals surface area contributed by atoms with Gasteiger partial charge in [0.1, 0.15) is 5.01 Å². The zero-order valence-electron chi connectivity index (χ0n) is 10.7. The van der Waals surface area contributed by atoms with Gasteiger partial charge in [0.05, 0.1) is 22.2 Å². The third kappa shape index (κ3) is 2.58. The minimum Gasteiger partial charge on any atom is -0.391 e. The number of hydrogen-bond acceptors (Lipinski definition) is 3. The van der Waals surface area contributed by atoms with Crippen LogP contribution in [0.15, 0.2) is 24.3 Å². The minimum atomic E-state index is -0.0753. The Morgan fingerprint density at radius 1 is 1.28 bits per heavy atom. The van der Waals surface area contributed by atoms with Crippen LogP contribution in [0.3, 0.4) is 0 Å². The normalized spacial score (nSPS) is 11.8. The molecule has 0 unspecified atom stereocenters. The lowest BCUT2D eigenvalue weighted by molar-refractivity contribution is 0.282. The fourth-order valence-electron chi connectivity index (χ4n) is 1.79. The van der Waals surface area contributed by atoms with Gasteiger partial charge in [-0.3, -0.25) is 0 Å². The summed E-state index contributed by atoms with van der Waals surface area (Å²) in [7, 11) is 0. The lowest BCUT2D eigenvalue weighted by Crippen LogP contribution is -2.14. The highest BCUT2D eigenvalue weighted by Crippen LogP contribution is 2.36. The Balaban J connectivity index is 2.55. The van der Waals surface area contributed by atoms with Gasteiger partial charge in [0, 0.05) is 11.0 Å². The summed E-state index contributed by atoms with van der Waals surface area (Å²) in [5.41, 5.74) is 1.80. The third-order valence-electron chi connectivity index (χ3n) is 2.66. The molecule has 2 aromatic rings. The van der Waals surface area contributed by atoms with Gasteiger partial charge in [0.2, 0.25) is 0 Å². The van der Waals surface area contributed by atoms with Crippen molar-refractivity contribution in [3.8, 4) is 10.6 Å². The standard InChI is InChI=1S/C14H16ClNOS/c1-14(2,3)12-11(8-17)18-13(16-12)9-6-4-5-7-10(9)15/h4-7,17H,8H2,1-3H3. The maximum absolute atomic E-state index is 9.45. The molecule has 0 saturated carbocycles. The van der Waals surface area contributed by atoms with Crippen LogP contribution in [0, 0.1) is 0 Å². The number of aromatic nitrogens is 1. The Hall–Kier alpha value is -0.900. The number of benzene rings is 1. The molecule has 1 aromatic heterocycles. The Morgan fingerprint density at radius 3 is 2.44 bits per heavy atom. The molecule has 0 spiro atoms. The van der Waals surface area contributed by atoms with E-state index in [1.165, 1.54) is 11.3 Å². The highest BCUT2D eigenvalue weighted by molar-refractivity contribution is 7.15. The Labute approximate surface area is 116 Å². The molecule has 2 nitrogen and oxygen atoms in total. The van der Waals surface area contributed by atoms with E-state index in [9.17, 15) is 5.11 Å². The number of halogens is 1. The highest BCUT2D eigenvalue weighted by atomic mass is 35.5. The van der Waals surface area contributed by atoms with E-state index in [4.69, 9.17) is 11.6 Å². The molecule has 18 heavy (non-hydrogen) atoms. The van der Waals surface area contributed by atoms with Crippen LogP contribution in [0.25, 0.3) is 10.6 Å². The van der Waals surface area contributed by atoms with Crippen molar-refractivity contribution in [1.29, 1.82) is 0 Å². The van der Waals surface area contributed by atoms with Crippen molar-refractivity contribution in [3.05, 3.63) is 39.9 Å². The molecule has 1 heterocycles. The van der Waals surface area contributed by atoms with Gasteiger partial charge in [-0.25, -0.2) is 4.98 Å². The van der Waals surface area contributed by atoms with Gasteiger partial charge in [0.15, 0.2) is 0 Å². The molecular weight excluding hydrogens is 266 g/mol. The van der Waals surface area contributed by atoms with Gasteiger partial charge in [-0.1, -0.05) is 50.6 Å². The predicted octanol–water partition coefficient (Wildman–Crippen LogP) is 4.25. The summed E-state index contributed by atoms with van der Waals surface area (Å²) in [5, 5.41) is 11.0. The molecule has 0 fully saturated rings. The van der Waals surface area contributed by atoms with Gasteiger partial charge < -0.3 is 5.11 Å². The monoisotopic (exact) mass is 281 g/mol. The predicted molar refractivity (Wildman–Crippen MR) is 77.2 cm³/mol. The van der Waals surface area contributed by atoms with Crippen LogP contribution in [-0.2, 0) is 12.0 Å². The smallest absolute Gasteiger partial charge is 0.125 e. The van der Waals surface area contributed by atoms with Crippen LogP contribution in [-0.4, -0.2) is 10.1 Å². The lowest BCUT2D eigenvalue weighted by Gasteiger charge is -2.16. The topological polar surface area (TPSA) is 33.1 Å². The van der Waals surface area contributed by atoms with Crippen molar-refractivity contribution < 1.29 is 5.11 Å². The fourth-order valence-corrected chi connectivity index (χ4v) is 3.25. The van der Waals surface area contributed by atoms with Crippen LogP contribution in [0.5, 0.6) is 0 Å². The number of nitrogens with zero attached hydrogens (tertiary/aromatic N) is 1. The van der Waals surface area contributed by atoms with Gasteiger partial charge in [-0.2, -0.15) is 0 Å². The molecule has 96 valence electrons. The number of thiazole rings is 1. The van der Waals surface area contributed by atoms with E-state index in [-0.39, 0.29) is 12.0 Å². The number of aliphatic hydroxyl groups is 1. The molecular formula is C14H16ClNOS. The summed E-state index contributed by atoms with van der Waals surface area (Å²) < 4.78 is 0. The molecule has 0 amide bonds. The van der Waals surface area contributed by atoms with Crippen LogP contribution >= 0.6 is 22.9 Å². The first-order valence-electron chi connectivity index (χ1n) is 5.79. The second kappa shape index (κ2) is 5.00. The van der Waals surface area contributed by atoms with E-state index in [2.05, 4.69) is 25.8 Å². The quantitative estimate of drug-likeness (QED) is 0.892. The molecule has 0 saturated heterocycles. The van der Waals surface area contributed by atoms with Crippen LogP contribution in [0.4, 0.5) is 0 Å². The molecule has 0 aliphatic rings. The Bertz CT molecular complexity index is 557. The summed E-state index contributed by atoms with van der Waals surface area (Å²) in [6.45, 7) is 6.31. The third-order valence-corrected chi connectivity index (χ3v) is 4.06. The van der Waals surface area contributed by atoms with Gasteiger partial charge in [-0.05, 0) is 6.07 Å². The van der Waals surface area contributed by atoms with Crippen molar-refractivity contribution in [2.75, 3.05) is 0 Å². The van der Waals surface area contributed by atoms with Gasteiger partial charge in [-0.15, -0.1) is 11.3 Å². The SMILES string of the molecule is CC(C)(C)c1nc(-c2ccccc2Cl)sc1CO. The molecule has 4 heteroatoms. The molecule has 0 bridgehead atoms. The zero-order valence-corrected chi connectivity index (χ0v) is 12.3. The first-order chi connectivity index (χ1) is 8.43. The largest absolute Gasteiger partial charge is 0.391 e. The number of rotatable bonds is 2. The van der Waals surface area contributed by atoms with E-state index in [1.54, 1.807) is 0 Å². The average Bonchev–Trinajstić information content (AvgIpc) is 2.73. The van der Waals surface area contributed by atoms with E-state index in [1.807, 2.05) is 24.3 Å². The van der Waals surface area contributed by atoms with Crippen molar-refractivity contribution in [3.63, 3.8) is 0 Å². The van der Waals surface area contributed by atoms with E-state index < -0.39 is 0 Å². The van der Waals surface area contributed by atoms with Crippen LogP contribution in [0.1, 0.15) is 31.3 Å². The molecule has 0 radical (unpaired) electrons. The minimum absolute atomic E-state index is 0.0225. The number of aliphatic hydroxyl groups excluding tert-OH is 1. The van der Waals surface area contributed by atoms with Crippen molar-refractivity contribution in [2.45, 2.75) is 32.8 Å². The first kappa shape index (κ1) is 13.5. The summed E-state index contributed by atoms with van der Waals surface area (Å²) in [6.07, 6.45) is 0. The van der Waals surface area contributed by atoms with Crippen LogP contribution in [0.2, 0.25) is 5.02 Å². The summed E-state index contributed by atoms with van der Waals surface area (Å²) in [4.78, 5) is 5.57. The van der Waals surface area contributed by atoms with Crippen molar-refractivity contribution in [2.24, 2.45) is 0 Å². The summed E-state index contributed by atoms with van der Waals surface area (Å²) in [6, 6.07) is 7.65.